The lowest BCUT2D eigenvalue weighted by Gasteiger charge is -2.25. The third-order valence-corrected chi connectivity index (χ3v) is 4.56. The molecule has 0 N–H and O–H groups in total. The van der Waals surface area contributed by atoms with E-state index in [0.717, 1.165) is 39.1 Å². The zero-order valence-electron chi connectivity index (χ0n) is 14.0. The summed E-state index contributed by atoms with van der Waals surface area (Å²) in [6, 6.07) is 10.1. The van der Waals surface area contributed by atoms with Gasteiger partial charge in [0, 0.05) is 38.6 Å². The van der Waals surface area contributed by atoms with Gasteiger partial charge in [0.15, 0.2) is 0 Å². The lowest BCUT2D eigenvalue weighted by Crippen LogP contribution is -2.31. The van der Waals surface area contributed by atoms with Crippen molar-refractivity contribution in [3.05, 3.63) is 58.9 Å². The zero-order chi connectivity index (χ0) is 16.8. The second kappa shape index (κ2) is 8.47. The van der Waals surface area contributed by atoms with Gasteiger partial charge in [-0.3, -0.25) is 9.88 Å². The molecule has 0 saturated carbocycles. The Labute approximate surface area is 148 Å². The normalized spacial score (nSPS) is 17.4. The summed E-state index contributed by atoms with van der Waals surface area (Å²) in [5, 5.41) is 0.649. The van der Waals surface area contributed by atoms with Crippen LogP contribution in [0.2, 0.25) is 5.02 Å². The molecule has 1 aromatic heterocycles. The summed E-state index contributed by atoms with van der Waals surface area (Å²) in [4.78, 5) is 6.50. The van der Waals surface area contributed by atoms with Crippen LogP contribution in [-0.2, 0) is 17.8 Å². The van der Waals surface area contributed by atoms with E-state index in [4.69, 9.17) is 21.1 Å². The number of halogens is 1. The van der Waals surface area contributed by atoms with Crippen molar-refractivity contribution in [3.8, 4) is 5.75 Å². The molecule has 24 heavy (non-hydrogen) atoms. The number of benzene rings is 1. The van der Waals surface area contributed by atoms with Crippen LogP contribution in [0.1, 0.15) is 24.0 Å². The Morgan fingerprint density at radius 3 is 2.67 bits per heavy atom. The maximum absolute atomic E-state index is 6.27. The molecule has 1 atom stereocenters. The van der Waals surface area contributed by atoms with Crippen molar-refractivity contribution < 1.29 is 9.47 Å². The van der Waals surface area contributed by atoms with Crippen molar-refractivity contribution in [2.75, 3.05) is 20.3 Å². The first kappa shape index (κ1) is 17.2. The van der Waals surface area contributed by atoms with E-state index in [1.54, 1.807) is 7.11 Å². The molecule has 2 aromatic rings. The van der Waals surface area contributed by atoms with Crippen molar-refractivity contribution in [3.63, 3.8) is 0 Å². The van der Waals surface area contributed by atoms with E-state index in [9.17, 15) is 0 Å². The van der Waals surface area contributed by atoms with E-state index in [1.165, 1.54) is 11.1 Å². The van der Waals surface area contributed by atoms with Gasteiger partial charge in [-0.05, 0) is 48.2 Å². The molecule has 1 unspecified atom stereocenters. The molecular formula is C19H23ClN2O2. The van der Waals surface area contributed by atoms with Gasteiger partial charge in [-0.15, -0.1) is 0 Å². The fraction of sp³-hybridized carbons (Fsp3) is 0.421. The van der Waals surface area contributed by atoms with E-state index < -0.39 is 0 Å². The quantitative estimate of drug-likeness (QED) is 0.761. The SMILES string of the molecule is COc1ccc(CN(Cc2ccncc2)CC2CCCO2)cc1Cl. The van der Waals surface area contributed by atoms with Crippen LogP contribution in [0.25, 0.3) is 0 Å². The summed E-state index contributed by atoms with van der Waals surface area (Å²) in [7, 11) is 1.63. The average Bonchev–Trinajstić information content (AvgIpc) is 3.09. The Balaban J connectivity index is 1.71. The first-order valence-corrected chi connectivity index (χ1v) is 8.67. The molecule has 3 rings (SSSR count). The zero-order valence-corrected chi connectivity index (χ0v) is 14.7. The summed E-state index contributed by atoms with van der Waals surface area (Å²) >= 11 is 6.27. The van der Waals surface area contributed by atoms with Gasteiger partial charge in [0.1, 0.15) is 5.75 Å². The second-order valence-corrected chi connectivity index (χ2v) is 6.54. The van der Waals surface area contributed by atoms with Crippen LogP contribution in [0.15, 0.2) is 42.7 Å². The first-order valence-electron chi connectivity index (χ1n) is 8.30. The van der Waals surface area contributed by atoms with Gasteiger partial charge in [-0.2, -0.15) is 0 Å². The van der Waals surface area contributed by atoms with Crippen LogP contribution in [0, 0.1) is 0 Å². The highest BCUT2D eigenvalue weighted by Gasteiger charge is 2.20. The van der Waals surface area contributed by atoms with Gasteiger partial charge in [-0.25, -0.2) is 0 Å². The monoisotopic (exact) mass is 346 g/mol. The molecule has 1 aromatic carbocycles. The van der Waals surface area contributed by atoms with Crippen LogP contribution >= 0.6 is 11.6 Å². The van der Waals surface area contributed by atoms with Gasteiger partial charge in [-0.1, -0.05) is 17.7 Å². The van der Waals surface area contributed by atoms with E-state index in [0.29, 0.717) is 16.9 Å². The molecule has 1 aliphatic rings. The number of ether oxygens (including phenoxy) is 2. The Hall–Kier alpha value is -1.62. The smallest absolute Gasteiger partial charge is 0.137 e. The molecule has 128 valence electrons. The molecule has 2 heterocycles. The third kappa shape index (κ3) is 4.69. The summed E-state index contributed by atoms with van der Waals surface area (Å²) < 4.78 is 11.1. The molecule has 0 spiro atoms. The number of hydrogen-bond donors (Lipinski definition) is 0. The molecule has 5 heteroatoms. The average molecular weight is 347 g/mol. The topological polar surface area (TPSA) is 34.6 Å². The van der Waals surface area contributed by atoms with E-state index in [2.05, 4.69) is 28.1 Å². The molecule has 4 nitrogen and oxygen atoms in total. The van der Waals surface area contributed by atoms with Crippen LogP contribution < -0.4 is 4.74 Å². The van der Waals surface area contributed by atoms with Gasteiger partial charge < -0.3 is 9.47 Å². The van der Waals surface area contributed by atoms with E-state index >= 15 is 0 Å². The minimum atomic E-state index is 0.320. The second-order valence-electron chi connectivity index (χ2n) is 6.13. The molecule has 1 fully saturated rings. The lowest BCUT2D eigenvalue weighted by molar-refractivity contribution is 0.0679. The van der Waals surface area contributed by atoms with Gasteiger partial charge in [0.25, 0.3) is 0 Å². The molecule has 1 saturated heterocycles. The lowest BCUT2D eigenvalue weighted by atomic mass is 10.1. The van der Waals surface area contributed by atoms with Crippen molar-refractivity contribution in [1.29, 1.82) is 0 Å². The van der Waals surface area contributed by atoms with Crippen molar-refractivity contribution in [2.45, 2.75) is 32.0 Å². The Morgan fingerprint density at radius 1 is 1.21 bits per heavy atom. The predicted octanol–water partition coefficient (Wildman–Crippen LogP) is 3.92. The molecular weight excluding hydrogens is 324 g/mol. The van der Waals surface area contributed by atoms with Crippen LogP contribution in [0.4, 0.5) is 0 Å². The van der Waals surface area contributed by atoms with E-state index in [1.807, 2.05) is 24.5 Å². The molecule has 1 aliphatic heterocycles. The highest BCUT2D eigenvalue weighted by atomic mass is 35.5. The van der Waals surface area contributed by atoms with Crippen molar-refractivity contribution in [1.82, 2.24) is 9.88 Å². The summed E-state index contributed by atoms with van der Waals surface area (Å²) in [6.45, 7) is 3.49. The fourth-order valence-electron chi connectivity index (χ4n) is 3.07. The molecule has 0 radical (unpaired) electrons. The number of methoxy groups -OCH3 is 1. The highest BCUT2D eigenvalue weighted by molar-refractivity contribution is 6.32. The summed E-state index contributed by atoms with van der Waals surface area (Å²) in [5.74, 6) is 0.709. The maximum atomic E-state index is 6.27. The molecule has 0 amide bonds. The number of aromatic nitrogens is 1. The van der Waals surface area contributed by atoms with E-state index in [-0.39, 0.29) is 0 Å². The first-order chi connectivity index (χ1) is 11.7. The van der Waals surface area contributed by atoms with Crippen LogP contribution in [-0.4, -0.2) is 36.2 Å². The Kier molecular flexibility index (Phi) is 6.07. The van der Waals surface area contributed by atoms with Crippen molar-refractivity contribution in [2.24, 2.45) is 0 Å². The summed E-state index contributed by atoms with van der Waals surface area (Å²) in [6.07, 6.45) is 6.28. The Morgan fingerprint density at radius 2 is 2.00 bits per heavy atom. The van der Waals surface area contributed by atoms with Crippen LogP contribution in [0.5, 0.6) is 5.75 Å². The minimum Gasteiger partial charge on any atom is -0.495 e. The maximum Gasteiger partial charge on any atom is 0.137 e. The minimum absolute atomic E-state index is 0.320. The number of nitrogens with zero attached hydrogens (tertiary/aromatic N) is 2. The molecule has 0 aliphatic carbocycles. The number of pyridine rings is 1. The third-order valence-electron chi connectivity index (χ3n) is 4.26. The fourth-order valence-corrected chi connectivity index (χ4v) is 3.35. The van der Waals surface area contributed by atoms with Gasteiger partial charge in [0.05, 0.1) is 18.2 Å². The van der Waals surface area contributed by atoms with Crippen molar-refractivity contribution >= 4 is 11.6 Å². The number of rotatable bonds is 7. The standard InChI is InChI=1S/C19H23ClN2O2/c1-23-19-5-4-16(11-18(19)20)13-22(14-17-3-2-10-24-17)12-15-6-8-21-9-7-15/h4-9,11,17H,2-3,10,12-14H2,1H3. The largest absolute Gasteiger partial charge is 0.495 e. The predicted molar refractivity (Wildman–Crippen MR) is 95.3 cm³/mol. The molecule has 0 bridgehead atoms. The van der Waals surface area contributed by atoms with Gasteiger partial charge >= 0.3 is 0 Å². The van der Waals surface area contributed by atoms with Gasteiger partial charge in [0.2, 0.25) is 0 Å². The van der Waals surface area contributed by atoms with Crippen LogP contribution in [0.3, 0.4) is 0 Å². The Bertz CT molecular complexity index is 645. The summed E-state index contributed by atoms with van der Waals surface area (Å²) in [5.41, 5.74) is 2.43. The highest BCUT2D eigenvalue weighted by Crippen LogP contribution is 2.26. The number of hydrogen-bond acceptors (Lipinski definition) is 4.